The number of amides is 3. The normalized spacial score (nSPS) is 18.0. The van der Waals surface area contributed by atoms with Gasteiger partial charge in [-0.3, -0.25) is 0 Å². The van der Waals surface area contributed by atoms with E-state index >= 15 is 0 Å². The summed E-state index contributed by atoms with van der Waals surface area (Å²) < 4.78 is 15.7. The molecule has 260 valence electrons. The van der Waals surface area contributed by atoms with Crippen LogP contribution < -0.4 is 0 Å². The highest BCUT2D eigenvalue weighted by atomic mass is 16.6. The van der Waals surface area contributed by atoms with Gasteiger partial charge in [0.05, 0.1) is 19.8 Å². The minimum atomic E-state index is -0.168. The number of likely N-dealkylation sites (tertiary alicyclic amines) is 2. The second-order valence-corrected chi connectivity index (χ2v) is 15.7. The van der Waals surface area contributed by atoms with Crippen molar-refractivity contribution in [1.29, 1.82) is 0 Å². The van der Waals surface area contributed by atoms with Crippen molar-refractivity contribution in [2.24, 2.45) is 16.2 Å². The lowest BCUT2D eigenvalue weighted by Crippen LogP contribution is -2.47. The van der Waals surface area contributed by atoms with E-state index in [1.807, 2.05) is 9.80 Å². The molecule has 44 heavy (non-hydrogen) atoms. The number of ether oxygens (including phenoxy) is 3. The molecule has 0 N–H and O–H groups in total. The van der Waals surface area contributed by atoms with Gasteiger partial charge < -0.3 is 33.8 Å². The number of piperazine rings is 1. The molecule has 0 saturated carbocycles. The maximum atomic E-state index is 11.6. The Morgan fingerprint density at radius 2 is 0.705 bits per heavy atom. The number of rotatable bonds is 3. The molecule has 3 amide bonds. The first-order chi connectivity index (χ1) is 19.9. The molecule has 0 atom stereocenters. The van der Waals surface area contributed by atoms with Gasteiger partial charge in [0.25, 0.3) is 0 Å². The van der Waals surface area contributed by atoms with Crippen LogP contribution in [0.4, 0.5) is 14.4 Å². The van der Waals surface area contributed by atoms with Crippen LogP contribution in [0.25, 0.3) is 0 Å². The van der Waals surface area contributed by atoms with Gasteiger partial charge in [0.1, 0.15) is 0 Å². The van der Waals surface area contributed by atoms with Crippen LogP contribution in [0.5, 0.6) is 0 Å². The SMILES string of the molecule is C.CC(C)(C)COC(=O)N1CCCCC1.CC(C)(C)COC(=O)N1CCCCC1.CN1CCN(C(=O)OCC(C)(C)C)CC1. The standard InChI is InChI=1S/C11H22N2O2.2C11H21NO2.CH4/c1-11(2,3)9-15-10(14)13-7-5-12(4)6-8-13;2*1-11(2,3)9-14-10(13)12-7-5-4-6-8-12;/h5-9H2,1-4H3;2*4-9H2,1-3H3;1H4. The maximum Gasteiger partial charge on any atom is 0.409 e. The fourth-order valence-corrected chi connectivity index (χ4v) is 4.25. The summed E-state index contributed by atoms with van der Waals surface area (Å²) in [5, 5.41) is 0. The van der Waals surface area contributed by atoms with Crippen molar-refractivity contribution in [3.8, 4) is 0 Å². The highest BCUT2D eigenvalue weighted by Crippen LogP contribution is 2.17. The lowest BCUT2D eigenvalue weighted by molar-refractivity contribution is 0.0583. The minimum Gasteiger partial charge on any atom is -0.449 e. The van der Waals surface area contributed by atoms with Crippen LogP contribution in [0, 0.1) is 16.2 Å². The average Bonchev–Trinajstić information content (AvgIpc) is 2.94. The van der Waals surface area contributed by atoms with E-state index in [1.54, 1.807) is 4.90 Å². The summed E-state index contributed by atoms with van der Waals surface area (Å²) in [6.45, 7) is 26.9. The van der Waals surface area contributed by atoms with Crippen LogP contribution in [0.1, 0.15) is 108 Å². The first kappa shape index (κ1) is 41.8. The molecule has 3 heterocycles. The molecule has 3 fully saturated rings. The Labute approximate surface area is 270 Å². The van der Waals surface area contributed by atoms with Crippen LogP contribution in [0.3, 0.4) is 0 Å². The number of hydrogen-bond donors (Lipinski definition) is 0. The number of hydrogen-bond acceptors (Lipinski definition) is 7. The highest BCUT2D eigenvalue weighted by molar-refractivity contribution is 5.68. The van der Waals surface area contributed by atoms with Crippen LogP contribution in [0.15, 0.2) is 0 Å². The Kier molecular flexibility index (Phi) is 19.0. The van der Waals surface area contributed by atoms with Gasteiger partial charge in [-0.05, 0) is 61.8 Å². The fraction of sp³-hybridized carbons (Fsp3) is 0.912. The molecule has 0 aromatic rings. The Bertz CT molecular complexity index is 767. The van der Waals surface area contributed by atoms with Gasteiger partial charge in [0.15, 0.2) is 0 Å². The molecule has 0 radical (unpaired) electrons. The molecule has 3 aliphatic rings. The molecule has 0 unspecified atom stereocenters. The van der Waals surface area contributed by atoms with Crippen LogP contribution in [0.2, 0.25) is 0 Å². The average molecular weight is 629 g/mol. The van der Waals surface area contributed by atoms with Gasteiger partial charge in [-0.15, -0.1) is 0 Å². The lowest BCUT2D eigenvalue weighted by Gasteiger charge is -2.32. The summed E-state index contributed by atoms with van der Waals surface area (Å²) >= 11 is 0. The molecule has 3 rings (SSSR count). The quantitative estimate of drug-likeness (QED) is 0.302. The number of piperidine rings is 2. The lowest BCUT2D eigenvalue weighted by atomic mass is 9.99. The molecular formula is C34H68N4O6. The van der Waals surface area contributed by atoms with Crippen molar-refractivity contribution in [2.45, 2.75) is 108 Å². The van der Waals surface area contributed by atoms with E-state index in [2.05, 4.69) is 74.3 Å². The van der Waals surface area contributed by atoms with Crippen LogP contribution >= 0.6 is 0 Å². The fourth-order valence-electron chi connectivity index (χ4n) is 4.25. The Morgan fingerprint density at radius 1 is 0.455 bits per heavy atom. The largest absolute Gasteiger partial charge is 0.449 e. The van der Waals surface area contributed by atoms with Gasteiger partial charge in [-0.25, -0.2) is 14.4 Å². The van der Waals surface area contributed by atoms with Crippen molar-refractivity contribution in [1.82, 2.24) is 19.6 Å². The van der Waals surface area contributed by atoms with Gasteiger partial charge in [-0.1, -0.05) is 69.7 Å². The zero-order valence-corrected chi connectivity index (χ0v) is 29.3. The van der Waals surface area contributed by atoms with E-state index in [4.69, 9.17) is 14.2 Å². The van der Waals surface area contributed by atoms with E-state index in [0.29, 0.717) is 19.8 Å². The van der Waals surface area contributed by atoms with Crippen molar-refractivity contribution < 1.29 is 28.6 Å². The third-order valence-electron chi connectivity index (χ3n) is 6.88. The molecule has 0 spiro atoms. The number of carbonyl (C=O) groups excluding carboxylic acids is 3. The molecular weight excluding hydrogens is 560 g/mol. The molecule has 3 saturated heterocycles. The molecule has 10 heteroatoms. The van der Waals surface area contributed by atoms with Crippen molar-refractivity contribution in [3.05, 3.63) is 0 Å². The summed E-state index contributed by atoms with van der Waals surface area (Å²) in [7, 11) is 2.07. The van der Waals surface area contributed by atoms with E-state index in [0.717, 1.165) is 78.0 Å². The third kappa shape index (κ3) is 20.7. The monoisotopic (exact) mass is 629 g/mol. The third-order valence-corrected chi connectivity index (χ3v) is 6.88. The molecule has 3 aliphatic heterocycles. The predicted octanol–water partition coefficient (Wildman–Crippen LogP) is 7.36. The van der Waals surface area contributed by atoms with Crippen LogP contribution in [-0.4, -0.2) is 117 Å². The first-order valence-corrected chi connectivity index (χ1v) is 16.3. The summed E-state index contributed by atoms with van der Waals surface area (Å²) in [5.41, 5.74) is 0.166. The zero-order chi connectivity index (χ0) is 32.7. The van der Waals surface area contributed by atoms with Crippen molar-refractivity contribution in [3.63, 3.8) is 0 Å². The van der Waals surface area contributed by atoms with Gasteiger partial charge in [0, 0.05) is 52.4 Å². The molecule has 0 aromatic heterocycles. The molecule has 0 aliphatic carbocycles. The zero-order valence-electron chi connectivity index (χ0n) is 29.3. The Balaban J connectivity index is 0.000000624. The first-order valence-electron chi connectivity index (χ1n) is 16.3. The highest BCUT2D eigenvalue weighted by Gasteiger charge is 2.23. The summed E-state index contributed by atoms with van der Waals surface area (Å²) in [6.07, 6.45) is 6.49. The second-order valence-electron chi connectivity index (χ2n) is 15.7. The van der Waals surface area contributed by atoms with E-state index in [1.165, 1.54) is 12.8 Å². The summed E-state index contributed by atoms with van der Waals surface area (Å²) in [6, 6.07) is 0. The second kappa shape index (κ2) is 20.0. The van der Waals surface area contributed by atoms with Gasteiger partial charge in [0.2, 0.25) is 0 Å². The van der Waals surface area contributed by atoms with E-state index in [9.17, 15) is 14.4 Å². The number of likely N-dealkylation sites (N-methyl/N-ethyl adjacent to an activating group) is 1. The molecule has 0 aromatic carbocycles. The van der Waals surface area contributed by atoms with Crippen LogP contribution in [-0.2, 0) is 14.2 Å². The number of carbonyl (C=O) groups is 3. The van der Waals surface area contributed by atoms with Gasteiger partial charge in [-0.2, -0.15) is 0 Å². The van der Waals surface area contributed by atoms with Crippen molar-refractivity contribution >= 4 is 18.3 Å². The maximum absolute atomic E-state index is 11.6. The number of nitrogens with zero attached hydrogens (tertiary/aromatic N) is 4. The van der Waals surface area contributed by atoms with Crippen molar-refractivity contribution in [2.75, 3.05) is 79.2 Å². The Hall–Kier alpha value is -2.23. The predicted molar refractivity (Wildman–Crippen MR) is 179 cm³/mol. The summed E-state index contributed by atoms with van der Waals surface area (Å²) in [5.74, 6) is 0. The topological polar surface area (TPSA) is 91.9 Å². The summed E-state index contributed by atoms with van der Waals surface area (Å²) in [4.78, 5) is 42.4. The molecule has 0 bridgehead atoms. The van der Waals surface area contributed by atoms with E-state index < -0.39 is 0 Å². The minimum absolute atomic E-state index is 0. The Morgan fingerprint density at radius 3 is 0.955 bits per heavy atom. The molecule has 10 nitrogen and oxygen atoms in total. The van der Waals surface area contributed by atoms with Gasteiger partial charge >= 0.3 is 18.3 Å². The smallest absolute Gasteiger partial charge is 0.409 e. The van der Waals surface area contributed by atoms with E-state index in [-0.39, 0.29) is 42.0 Å².